The van der Waals surface area contributed by atoms with E-state index in [0.717, 1.165) is 10.0 Å². The van der Waals surface area contributed by atoms with Crippen molar-refractivity contribution in [1.29, 1.82) is 0 Å². The van der Waals surface area contributed by atoms with Gasteiger partial charge in [0.25, 0.3) is 0 Å². The fourth-order valence-corrected chi connectivity index (χ4v) is 1.69. The second-order valence-electron chi connectivity index (χ2n) is 3.49. The van der Waals surface area contributed by atoms with E-state index in [1.54, 1.807) is 0 Å². The standard InChI is InChI=1S/C10H11BrN4O/c1-7(15-13-6-12-14-15)10(16)8-2-4-9(11)5-3-8/h2-7,10,16H,1H3. The maximum Gasteiger partial charge on any atom is 0.162 e. The Morgan fingerprint density at radius 2 is 2.00 bits per heavy atom. The van der Waals surface area contributed by atoms with Crippen molar-refractivity contribution in [3.63, 3.8) is 0 Å². The van der Waals surface area contributed by atoms with Crippen molar-refractivity contribution in [1.82, 2.24) is 20.2 Å². The number of aliphatic hydroxyl groups is 1. The quantitative estimate of drug-likeness (QED) is 0.931. The predicted molar refractivity (Wildman–Crippen MR) is 61.6 cm³/mol. The highest BCUT2D eigenvalue weighted by molar-refractivity contribution is 9.10. The predicted octanol–water partition coefficient (Wildman–Crippen LogP) is 1.73. The van der Waals surface area contributed by atoms with Gasteiger partial charge in [-0.3, -0.25) is 0 Å². The van der Waals surface area contributed by atoms with Gasteiger partial charge in [-0.25, -0.2) is 0 Å². The zero-order valence-electron chi connectivity index (χ0n) is 8.66. The van der Waals surface area contributed by atoms with E-state index in [-0.39, 0.29) is 6.04 Å². The lowest BCUT2D eigenvalue weighted by Crippen LogP contribution is -2.17. The highest BCUT2D eigenvalue weighted by Crippen LogP contribution is 2.25. The molecule has 0 saturated heterocycles. The minimum Gasteiger partial charge on any atom is -0.386 e. The lowest BCUT2D eigenvalue weighted by molar-refractivity contribution is 0.107. The fourth-order valence-electron chi connectivity index (χ4n) is 1.43. The third kappa shape index (κ3) is 2.28. The third-order valence-electron chi connectivity index (χ3n) is 2.40. The molecule has 0 radical (unpaired) electrons. The van der Waals surface area contributed by atoms with E-state index in [4.69, 9.17) is 0 Å². The molecule has 2 rings (SSSR count). The molecule has 2 atom stereocenters. The monoisotopic (exact) mass is 282 g/mol. The second-order valence-corrected chi connectivity index (χ2v) is 4.41. The largest absolute Gasteiger partial charge is 0.386 e. The van der Waals surface area contributed by atoms with Gasteiger partial charge >= 0.3 is 0 Å². The van der Waals surface area contributed by atoms with Gasteiger partial charge in [-0.15, -0.1) is 10.2 Å². The lowest BCUT2D eigenvalue weighted by atomic mass is 10.0. The number of nitrogens with zero attached hydrogens (tertiary/aromatic N) is 4. The maximum absolute atomic E-state index is 10.1. The van der Waals surface area contributed by atoms with Gasteiger partial charge in [-0.05, 0) is 29.8 Å². The Kier molecular flexibility index (Phi) is 3.31. The normalized spacial score (nSPS) is 14.7. The molecule has 0 aliphatic heterocycles. The van der Waals surface area contributed by atoms with Crippen LogP contribution in [0, 0.1) is 0 Å². The summed E-state index contributed by atoms with van der Waals surface area (Å²) in [6.07, 6.45) is 0.701. The van der Waals surface area contributed by atoms with E-state index in [0.29, 0.717) is 0 Å². The van der Waals surface area contributed by atoms with Crippen LogP contribution in [0.5, 0.6) is 0 Å². The van der Waals surface area contributed by atoms with Crippen LogP contribution in [0.25, 0.3) is 0 Å². The summed E-state index contributed by atoms with van der Waals surface area (Å²) in [5.74, 6) is 0. The summed E-state index contributed by atoms with van der Waals surface area (Å²) in [6, 6.07) is 7.26. The van der Waals surface area contributed by atoms with Crippen molar-refractivity contribution in [3.05, 3.63) is 40.6 Å². The Morgan fingerprint density at radius 3 is 2.56 bits per heavy atom. The highest BCUT2D eigenvalue weighted by atomic mass is 79.9. The molecular formula is C10H11BrN4O. The van der Waals surface area contributed by atoms with Crippen molar-refractivity contribution >= 4 is 15.9 Å². The van der Waals surface area contributed by atoms with Gasteiger partial charge in [0.05, 0.1) is 0 Å². The average Bonchev–Trinajstić information content (AvgIpc) is 2.81. The number of aromatic nitrogens is 4. The number of rotatable bonds is 3. The lowest BCUT2D eigenvalue weighted by Gasteiger charge is -2.17. The van der Waals surface area contributed by atoms with Crippen LogP contribution >= 0.6 is 15.9 Å². The summed E-state index contributed by atoms with van der Waals surface area (Å²) < 4.78 is 0.981. The van der Waals surface area contributed by atoms with Crippen LogP contribution < -0.4 is 0 Å². The molecule has 0 saturated carbocycles. The molecule has 0 amide bonds. The molecule has 1 aromatic heterocycles. The number of tetrazole rings is 1. The average molecular weight is 283 g/mol. The molecule has 1 heterocycles. The van der Waals surface area contributed by atoms with Gasteiger partial charge in [0.15, 0.2) is 6.33 Å². The van der Waals surface area contributed by atoms with Gasteiger partial charge in [-0.1, -0.05) is 28.1 Å². The molecule has 0 spiro atoms. The van der Waals surface area contributed by atoms with Crippen LogP contribution in [-0.4, -0.2) is 25.3 Å². The van der Waals surface area contributed by atoms with Gasteiger partial charge in [0.2, 0.25) is 0 Å². The van der Waals surface area contributed by atoms with Crippen LogP contribution in [0.1, 0.15) is 24.6 Å². The number of benzene rings is 1. The Hall–Kier alpha value is -1.27. The molecule has 2 aromatic rings. The van der Waals surface area contributed by atoms with E-state index in [1.165, 1.54) is 11.1 Å². The van der Waals surface area contributed by atoms with Crippen molar-refractivity contribution in [3.8, 4) is 0 Å². The van der Waals surface area contributed by atoms with Gasteiger partial charge in [0.1, 0.15) is 12.1 Å². The topological polar surface area (TPSA) is 63.8 Å². The van der Waals surface area contributed by atoms with Crippen LogP contribution in [0.4, 0.5) is 0 Å². The van der Waals surface area contributed by atoms with Gasteiger partial charge < -0.3 is 5.11 Å². The SMILES string of the molecule is CC(C(O)c1ccc(Br)cc1)n1ncnn1. The highest BCUT2D eigenvalue weighted by Gasteiger charge is 2.19. The molecule has 84 valence electrons. The smallest absolute Gasteiger partial charge is 0.162 e. The van der Waals surface area contributed by atoms with Crippen molar-refractivity contribution in [2.75, 3.05) is 0 Å². The second kappa shape index (κ2) is 4.71. The molecule has 0 bridgehead atoms. The summed E-state index contributed by atoms with van der Waals surface area (Å²) in [5, 5.41) is 21.4. The summed E-state index contributed by atoms with van der Waals surface area (Å²) >= 11 is 3.35. The Morgan fingerprint density at radius 1 is 1.31 bits per heavy atom. The van der Waals surface area contributed by atoms with E-state index in [9.17, 15) is 5.11 Å². The van der Waals surface area contributed by atoms with E-state index in [2.05, 4.69) is 31.3 Å². The van der Waals surface area contributed by atoms with Crippen LogP contribution in [0.3, 0.4) is 0 Å². The van der Waals surface area contributed by atoms with Crippen molar-refractivity contribution < 1.29 is 5.11 Å². The summed E-state index contributed by atoms with van der Waals surface area (Å²) in [6.45, 7) is 1.84. The molecule has 1 N–H and O–H groups in total. The number of halogens is 1. The fraction of sp³-hybridized carbons (Fsp3) is 0.300. The van der Waals surface area contributed by atoms with Gasteiger partial charge in [-0.2, -0.15) is 4.80 Å². The molecule has 6 heteroatoms. The van der Waals surface area contributed by atoms with Gasteiger partial charge in [0, 0.05) is 4.47 Å². The Balaban J connectivity index is 2.19. The first kappa shape index (κ1) is 11.2. The Labute approximate surface area is 101 Å². The number of hydrogen-bond donors (Lipinski definition) is 1. The molecule has 0 fully saturated rings. The summed E-state index contributed by atoms with van der Waals surface area (Å²) in [4.78, 5) is 1.40. The van der Waals surface area contributed by atoms with Crippen LogP contribution in [0.2, 0.25) is 0 Å². The number of aliphatic hydroxyl groups excluding tert-OH is 1. The molecular weight excluding hydrogens is 272 g/mol. The van der Waals surface area contributed by atoms with E-state index in [1.807, 2.05) is 31.2 Å². The van der Waals surface area contributed by atoms with Crippen LogP contribution in [0.15, 0.2) is 35.1 Å². The van der Waals surface area contributed by atoms with Crippen LogP contribution in [-0.2, 0) is 0 Å². The first-order valence-corrected chi connectivity index (χ1v) is 5.64. The zero-order chi connectivity index (χ0) is 11.5. The first-order valence-electron chi connectivity index (χ1n) is 4.84. The number of hydrogen-bond acceptors (Lipinski definition) is 4. The molecule has 0 aliphatic rings. The zero-order valence-corrected chi connectivity index (χ0v) is 10.2. The van der Waals surface area contributed by atoms with Crippen molar-refractivity contribution in [2.45, 2.75) is 19.1 Å². The third-order valence-corrected chi connectivity index (χ3v) is 2.93. The minimum atomic E-state index is -0.651. The molecule has 0 aliphatic carbocycles. The van der Waals surface area contributed by atoms with E-state index >= 15 is 0 Å². The molecule has 5 nitrogen and oxygen atoms in total. The van der Waals surface area contributed by atoms with Crippen molar-refractivity contribution in [2.24, 2.45) is 0 Å². The first-order chi connectivity index (χ1) is 7.68. The Bertz CT molecular complexity index is 442. The molecule has 1 aromatic carbocycles. The maximum atomic E-state index is 10.1. The molecule has 2 unspecified atom stereocenters. The summed E-state index contributed by atoms with van der Waals surface area (Å²) in [5.41, 5.74) is 0.827. The van der Waals surface area contributed by atoms with E-state index < -0.39 is 6.10 Å². The molecule has 16 heavy (non-hydrogen) atoms. The minimum absolute atomic E-state index is 0.247. The summed E-state index contributed by atoms with van der Waals surface area (Å²) in [7, 11) is 0.